The van der Waals surface area contributed by atoms with Crippen LogP contribution in [-0.2, 0) is 0 Å². The van der Waals surface area contributed by atoms with Crippen molar-refractivity contribution in [2.45, 2.75) is 12.3 Å². The molecule has 4 nitrogen and oxygen atoms in total. The average Bonchev–Trinajstić information content (AvgIpc) is 2.87. The van der Waals surface area contributed by atoms with Crippen LogP contribution in [0.4, 0.5) is 0 Å². The molecule has 0 amide bonds. The van der Waals surface area contributed by atoms with Gasteiger partial charge < -0.3 is 0 Å². The maximum absolute atomic E-state index is 9.04. The van der Waals surface area contributed by atoms with Gasteiger partial charge in [-0.15, -0.1) is 11.6 Å². The molecule has 0 saturated heterocycles. The lowest BCUT2D eigenvalue weighted by Crippen LogP contribution is -2.02. The molecular weight excluding hydrogens is 272 g/mol. The molecule has 0 aliphatic carbocycles. The number of imidazole rings is 1. The molecule has 0 spiro atoms. The third kappa shape index (κ3) is 2.02. The molecular formula is C15H11ClN4. The first-order chi connectivity index (χ1) is 9.70. The van der Waals surface area contributed by atoms with Crippen LogP contribution < -0.4 is 0 Å². The Bertz CT molecular complexity index is 814. The summed E-state index contributed by atoms with van der Waals surface area (Å²) in [5.74, 6) is 0.741. The number of benzene rings is 1. The van der Waals surface area contributed by atoms with Crippen LogP contribution in [0.1, 0.15) is 23.7 Å². The Morgan fingerprint density at radius 1 is 1.35 bits per heavy atom. The fraction of sp³-hybridized carbons (Fsp3) is 0.133. The van der Waals surface area contributed by atoms with E-state index in [9.17, 15) is 0 Å². The number of pyridine rings is 1. The monoisotopic (exact) mass is 282 g/mol. The number of nitrogens with zero attached hydrogens (tertiary/aromatic N) is 4. The van der Waals surface area contributed by atoms with Crippen molar-refractivity contribution in [3.8, 4) is 11.8 Å². The zero-order chi connectivity index (χ0) is 14.1. The van der Waals surface area contributed by atoms with Crippen molar-refractivity contribution in [3.63, 3.8) is 0 Å². The van der Waals surface area contributed by atoms with Crippen molar-refractivity contribution in [2.75, 3.05) is 0 Å². The molecule has 0 aliphatic heterocycles. The molecule has 0 fully saturated rings. The van der Waals surface area contributed by atoms with Gasteiger partial charge in [-0.1, -0.05) is 6.07 Å². The van der Waals surface area contributed by atoms with Crippen molar-refractivity contribution in [2.24, 2.45) is 0 Å². The van der Waals surface area contributed by atoms with Crippen LogP contribution >= 0.6 is 11.6 Å². The minimum absolute atomic E-state index is 0.242. The topological polar surface area (TPSA) is 54.5 Å². The highest BCUT2D eigenvalue weighted by atomic mass is 35.5. The van der Waals surface area contributed by atoms with Crippen molar-refractivity contribution in [1.82, 2.24) is 14.5 Å². The van der Waals surface area contributed by atoms with E-state index in [1.165, 1.54) is 0 Å². The maximum Gasteiger partial charge on any atom is 0.132 e. The van der Waals surface area contributed by atoms with Crippen molar-refractivity contribution >= 4 is 22.6 Å². The van der Waals surface area contributed by atoms with Gasteiger partial charge in [0.1, 0.15) is 11.3 Å². The summed E-state index contributed by atoms with van der Waals surface area (Å²) in [6.07, 6.45) is 3.43. The second kappa shape index (κ2) is 4.95. The molecule has 5 heteroatoms. The number of hydrogen-bond acceptors (Lipinski definition) is 3. The zero-order valence-corrected chi connectivity index (χ0v) is 11.5. The lowest BCUT2D eigenvalue weighted by atomic mass is 10.2. The molecule has 1 aromatic carbocycles. The quantitative estimate of drug-likeness (QED) is 0.675. The van der Waals surface area contributed by atoms with Gasteiger partial charge in [-0.2, -0.15) is 5.26 Å². The van der Waals surface area contributed by atoms with Crippen LogP contribution in [0.25, 0.3) is 16.7 Å². The predicted molar refractivity (Wildman–Crippen MR) is 77.8 cm³/mol. The van der Waals surface area contributed by atoms with E-state index in [0.29, 0.717) is 5.56 Å². The van der Waals surface area contributed by atoms with Gasteiger partial charge in [0.05, 0.1) is 28.7 Å². The Kier molecular flexibility index (Phi) is 3.13. The van der Waals surface area contributed by atoms with E-state index >= 15 is 0 Å². The largest absolute Gasteiger partial charge is 0.295 e. The Morgan fingerprint density at radius 2 is 2.20 bits per heavy atom. The standard InChI is InChI=1S/C15H11ClN4/c1-10(16)15-19-13-9-18-6-5-14(13)20(15)12-4-2-3-11(7-12)8-17/h2-7,9-10H,1H3. The molecule has 0 radical (unpaired) electrons. The molecule has 0 N–H and O–H groups in total. The lowest BCUT2D eigenvalue weighted by molar-refractivity contribution is 0.882. The van der Waals surface area contributed by atoms with Gasteiger partial charge in [0, 0.05) is 11.9 Å². The third-order valence-corrected chi connectivity index (χ3v) is 3.27. The van der Waals surface area contributed by atoms with Crippen LogP contribution in [-0.4, -0.2) is 14.5 Å². The fourth-order valence-electron chi connectivity index (χ4n) is 2.20. The summed E-state index contributed by atoms with van der Waals surface area (Å²) in [5, 5.41) is 8.80. The van der Waals surface area contributed by atoms with Crippen molar-refractivity contribution in [3.05, 3.63) is 54.1 Å². The summed E-state index contributed by atoms with van der Waals surface area (Å²) in [5.41, 5.74) is 3.20. The summed E-state index contributed by atoms with van der Waals surface area (Å²) in [6.45, 7) is 1.88. The number of aromatic nitrogens is 3. The smallest absolute Gasteiger partial charge is 0.132 e. The number of fused-ring (bicyclic) bond motifs is 1. The minimum atomic E-state index is -0.242. The number of halogens is 1. The molecule has 1 unspecified atom stereocenters. The highest BCUT2D eigenvalue weighted by molar-refractivity contribution is 6.20. The second-order valence-electron chi connectivity index (χ2n) is 4.45. The molecule has 0 bridgehead atoms. The summed E-state index contributed by atoms with van der Waals surface area (Å²) >= 11 is 6.23. The zero-order valence-electron chi connectivity index (χ0n) is 10.8. The average molecular weight is 283 g/mol. The molecule has 3 aromatic rings. The van der Waals surface area contributed by atoms with Crippen LogP contribution in [0.2, 0.25) is 0 Å². The number of alkyl halides is 1. The van der Waals surface area contributed by atoms with Gasteiger partial charge in [0.15, 0.2) is 0 Å². The first-order valence-electron chi connectivity index (χ1n) is 6.17. The Balaban J connectivity index is 2.33. The van der Waals surface area contributed by atoms with E-state index in [4.69, 9.17) is 16.9 Å². The number of nitriles is 1. The van der Waals surface area contributed by atoms with Crippen molar-refractivity contribution < 1.29 is 0 Å². The molecule has 0 aliphatic rings. The highest BCUT2D eigenvalue weighted by Gasteiger charge is 2.16. The second-order valence-corrected chi connectivity index (χ2v) is 5.10. The van der Waals surface area contributed by atoms with Gasteiger partial charge in [-0.3, -0.25) is 9.55 Å². The minimum Gasteiger partial charge on any atom is -0.295 e. The summed E-state index contributed by atoms with van der Waals surface area (Å²) in [7, 11) is 0. The van der Waals surface area contributed by atoms with Crippen LogP contribution in [0.5, 0.6) is 0 Å². The number of rotatable bonds is 2. The molecule has 98 valence electrons. The van der Waals surface area contributed by atoms with Gasteiger partial charge in [-0.25, -0.2) is 4.98 Å². The summed E-state index contributed by atoms with van der Waals surface area (Å²) in [6, 6.07) is 11.4. The van der Waals surface area contributed by atoms with Gasteiger partial charge in [0.25, 0.3) is 0 Å². The van der Waals surface area contributed by atoms with E-state index in [2.05, 4.69) is 16.0 Å². The van der Waals surface area contributed by atoms with Gasteiger partial charge >= 0.3 is 0 Å². The highest BCUT2D eigenvalue weighted by Crippen LogP contribution is 2.27. The summed E-state index contributed by atoms with van der Waals surface area (Å²) < 4.78 is 1.97. The number of hydrogen-bond donors (Lipinski definition) is 0. The Labute approximate surface area is 121 Å². The fourth-order valence-corrected chi connectivity index (χ4v) is 2.35. The van der Waals surface area contributed by atoms with E-state index in [1.54, 1.807) is 18.5 Å². The first-order valence-corrected chi connectivity index (χ1v) is 6.61. The Hall–Kier alpha value is -2.38. The first kappa shape index (κ1) is 12.6. The van der Waals surface area contributed by atoms with E-state index in [-0.39, 0.29) is 5.38 Å². The maximum atomic E-state index is 9.04. The molecule has 1 atom stereocenters. The molecule has 20 heavy (non-hydrogen) atoms. The van der Waals surface area contributed by atoms with Gasteiger partial charge in [-0.05, 0) is 31.2 Å². The third-order valence-electron chi connectivity index (χ3n) is 3.07. The lowest BCUT2D eigenvalue weighted by Gasteiger charge is -2.10. The van der Waals surface area contributed by atoms with Crippen LogP contribution in [0, 0.1) is 11.3 Å². The van der Waals surface area contributed by atoms with E-state index < -0.39 is 0 Å². The molecule has 2 aromatic heterocycles. The molecule has 3 rings (SSSR count). The van der Waals surface area contributed by atoms with E-state index in [0.717, 1.165) is 22.5 Å². The van der Waals surface area contributed by atoms with Crippen LogP contribution in [0.15, 0.2) is 42.7 Å². The summed E-state index contributed by atoms with van der Waals surface area (Å²) in [4.78, 5) is 8.61. The Morgan fingerprint density at radius 3 is 2.95 bits per heavy atom. The van der Waals surface area contributed by atoms with E-state index in [1.807, 2.05) is 35.8 Å². The van der Waals surface area contributed by atoms with Crippen LogP contribution in [0.3, 0.4) is 0 Å². The molecule has 2 heterocycles. The predicted octanol–water partition coefficient (Wildman–Crippen LogP) is 3.59. The van der Waals surface area contributed by atoms with Gasteiger partial charge in [0.2, 0.25) is 0 Å². The SMILES string of the molecule is CC(Cl)c1nc2cnccc2n1-c1cccc(C#N)c1. The molecule has 0 saturated carbocycles. The van der Waals surface area contributed by atoms with Crippen molar-refractivity contribution in [1.29, 1.82) is 5.26 Å². The normalized spacial score (nSPS) is 12.2.